The van der Waals surface area contributed by atoms with Gasteiger partial charge in [-0.15, -0.1) is 11.3 Å². The molecule has 1 heterocycles. The number of aryl methyl sites for hydroxylation is 2. The number of hydrogen-bond acceptors (Lipinski definition) is 3. The Morgan fingerprint density at radius 3 is 2.76 bits per heavy atom. The van der Waals surface area contributed by atoms with Crippen LogP contribution >= 0.6 is 27.3 Å². The minimum Gasteiger partial charge on any atom is -0.294 e. The van der Waals surface area contributed by atoms with Gasteiger partial charge in [-0.05, 0) is 31.5 Å². The van der Waals surface area contributed by atoms with Crippen molar-refractivity contribution in [3.63, 3.8) is 0 Å². The number of nitrogens with zero attached hydrogens (tertiary/aromatic N) is 1. The quantitative estimate of drug-likeness (QED) is 0.804. The molecule has 0 aliphatic heterocycles. The zero-order valence-electron chi connectivity index (χ0n) is 9.66. The van der Waals surface area contributed by atoms with E-state index in [0.29, 0.717) is 6.42 Å². The maximum Gasteiger partial charge on any atom is 0.169 e. The summed E-state index contributed by atoms with van der Waals surface area (Å²) in [6, 6.07) is 5.77. The zero-order valence-corrected chi connectivity index (χ0v) is 12.1. The number of benzene rings is 1. The summed E-state index contributed by atoms with van der Waals surface area (Å²) in [5.74, 6) is 0.0992. The summed E-state index contributed by atoms with van der Waals surface area (Å²) in [5.41, 5.74) is 2.71. The van der Waals surface area contributed by atoms with Crippen LogP contribution < -0.4 is 0 Å². The fraction of sp³-hybridized carbons (Fsp3) is 0.231. The Kier molecular flexibility index (Phi) is 3.74. The van der Waals surface area contributed by atoms with Crippen LogP contribution in [-0.2, 0) is 6.42 Å². The van der Waals surface area contributed by atoms with Crippen LogP contribution in [0.25, 0.3) is 0 Å². The van der Waals surface area contributed by atoms with Gasteiger partial charge in [0, 0.05) is 15.4 Å². The molecule has 0 amide bonds. The van der Waals surface area contributed by atoms with Gasteiger partial charge in [-0.2, -0.15) is 0 Å². The standard InChI is InChI=1S/C13H12BrNOS/c1-8-3-4-11(12(14)5-8)13(16)6-10-7-17-9(2)15-10/h3-5,7H,6H2,1-2H3. The predicted octanol–water partition coefficient (Wildman–Crippen LogP) is 3.95. The smallest absolute Gasteiger partial charge is 0.169 e. The van der Waals surface area contributed by atoms with Crippen LogP contribution in [0, 0.1) is 13.8 Å². The molecule has 1 aromatic carbocycles. The van der Waals surface area contributed by atoms with Crippen LogP contribution in [-0.4, -0.2) is 10.8 Å². The molecule has 2 nitrogen and oxygen atoms in total. The van der Waals surface area contributed by atoms with Gasteiger partial charge in [0.15, 0.2) is 5.78 Å². The van der Waals surface area contributed by atoms with Gasteiger partial charge in [-0.25, -0.2) is 4.98 Å². The highest BCUT2D eigenvalue weighted by Gasteiger charge is 2.12. The van der Waals surface area contributed by atoms with Crippen molar-refractivity contribution in [3.8, 4) is 0 Å². The van der Waals surface area contributed by atoms with Gasteiger partial charge in [0.1, 0.15) is 0 Å². The van der Waals surface area contributed by atoms with Crippen molar-refractivity contribution in [2.75, 3.05) is 0 Å². The second-order valence-corrected chi connectivity index (χ2v) is 5.86. The lowest BCUT2D eigenvalue weighted by atomic mass is 10.1. The molecule has 0 spiro atoms. The molecule has 0 atom stereocenters. The van der Waals surface area contributed by atoms with Crippen LogP contribution in [0.4, 0.5) is 0 Å². The SMILES string of the molecule is Cc1ccc(C(=O)Cc2csc(C)n2)c(Br)c1. The summed E-state index contributed by atoms with van der Waals surface area (Å²) in [5, 5.41) is 2.94. The highest BCUT2D eigenvalue weighted by Crippen LogP contribution is 2.20. The lowest BCUT2D eigenvalue weighted by molar-refractivity contribution is 0.0991. The molecule has 0 aliphatic carbocycles. The molecule has 0 saturated heterocycles. The second kappa shape index (κ2) is 5.10. The van der Waals surface area contributed by atoms with Crippen LogP contribution in [0.2, 0.25) is 0 Å². The molecule has 2 aromatic rings. The van der Waals surface area contributed by atoms with E-state index in [-0.39, 0.29) is 5.78 Å². The van der Waals surface area contributed by atoms with Crippen LogP contribution in [0.1, 0.15) is 26.6 Å². The number of ketones is 1. The maximum absolute atomic E-state index is 12.1. The van der Waals surface area contributed by atoms with E-state index in [9.17, 15) is 4.79 Å². The van der Waals surface area contributed by atoms with E-state index in [1.807, 2.05) is 37.4 Å². The molecule has 1 aromatic heterocycles. The van der Waals surface area contributed by atoms with Crippen molar-refractivity contribution in [1.82, 2.24) is 4.98 Å². The van der Waals surface area contributed by atoms with E-state index in [1.54, 1.807) is 11.3 Å². The molecule has 0 radical (unpaired) electrons. The van der Waals surface area contributed by atoms with Gasteiger partial charge < -0.3 is 0 Å². The summed E-state index contributed by atoms with van der Waals surface area (Å²) in [6.07, 6.45) is 0.367. The molecular weight excluding hydrogens is 298 g/mol. The van der Waals surface area contributed by atoms with E-state index in [2.05, 4.69) is 20.9 Å². The fourth-order valence-electron chi connectivity index (χ4n) is 1.60. The zero-order chi connectivity index (χ0) is 12.4. The number of aromatic nitrogens is 1. The number of carbonyl (C=O) groups is 1. The van der Waals surface area contributed by atoms with Gasteiger partial charge >= 0.3 is 0 Å². The Bertz CT molecular complexity index is 562. The lowest BCUT2D eigenvalue weighted by Crippen LogP contribution is -2.05. The average molecular weight is 310 g/mol. The number of Topliss-reactive ketones (excluding diaryl/α,β-unsaturated/α-hetero) is 1. The molecule has 0 saturated carbocycles. The summed E-state index contributed by atoms with van der Waals surface area (Å²) < 4.78 is 0.856. The Morgan fingerprint density at radius 1 is 1.41 bits per heavy atom. The number of halogens is 1. The highest BCUT2D eigenvalue weighted by atomic mass is 79.9. The van der Waals surface area contributed by atoms with E-state index in [4.69, 9.17) is 0 Å². The first kappa shape index (κ1) is 12.5. The highest BCUT2D eigenvalue weighted by molar-refractivity contribution is 9.10. The normalized spacial score (nSPS) is 10.5. The monoisotopic (exact) mass is 309 g/mol. The van der Waals surface area contributed by atoms with Gasteiger partial charge in [0.2, 0.25) is 0 Å². The van der Waals surface area contributed by atoms with E-state index in [0.717, 1.165) is 26.3 Å². The maximum atomic E-state index is 12.1. The minimum absolute atomic E-state index is 0.0992. The minimum atomic E-state index is 0.0992. The van der Waals surface area contributed by atoms with Crippen molar-refractivity contribution in [2.45, 2.75) is 20.3 Å². The Labute approximate surface area is 113 Å². The molecule has 88 valence electrons. The topological polar surface area (TPSA) is 30.0 Å². The first-order valence-corrected chi connectivity index (χ1v) is 6.94. The van der Waals surface area contributed by atoms with Crippen molar-refractivity contribution >= 4 is 33.0 Å². The predicted molar refractivity (Wildman–Crippen MR) is 73.8 cm³/mol. The van der Waals surface area contributed by atoms with Crippen molar-refractivity contribution in [1.29, 1.82) is 0 Å². The van der Waals surface area contributed by atoms with E-state index < -0.39 is 0 Å². The largest absolute Gasteiger partial charge is 0.294 e. The number of hydrogen-bond donors (Lipinski definition) is 0. The average Bonchev–Trinajstić information content (AvgIpc) is 2.63. The molecular formula is C13H12BrNOS. The molecule has 4 heteroatoms. The van der Waals surface area contributed by atoms with Gasteiger partial charge in [-0.1, -0.05) is 22.0 Å². The number of carbonyl (C=O) groups excluding carboxylic acids is 1. The lowest BCUT2D eigenvalue weighted by Gasteiger charge is -2.03. The Hall–Kier alpha value is -1.00. The molecule has 0 aliphatic rings. The van der Waals surface area contributed by atoms with E-state index in [1.165, 1.54) is 0 Å². The summed E-state index contributed by atoms with van der Waals surface area (Å²) in [6.45, 7) is 3.95. The molecule has 0 unspecified atom stereocenters. The third-order valence-electron chi connectivity index (χ3n) is 2.43. The van der Waals surface area contributed by atoms with Gasteiger partial charge in [0.25, 0.3) is 0 Å². The van der Waals surface area contributed by atoms with E-state index >= 15 is 0 Å². The fourth-order valence-corrected chi connectivity index (χ4v) is 2.92. The van der Waals surface area contributed by atoms with Crippen molar-refractivity contribution in [2.24, 2.45) is 0 Å². The second-order valence-electron chi connectivity index (χ2n) is 3.94. The number of rotatable bonds is 3. The molecule has 2 rings (SSSR count). The Balaban J connectivity index is 2.20. The molecule has 0 bridgehead atoms. The number of thiazole rings is 1. The first-order chi connectivity index (χ1) is 8.06. The molecule has 17 heavy (non-hydrogen) atoms. The van der Waals surface area contributed by atoms with Gasteiger partial charge in [-0.3, -0.25) is 4.79 Å². The third-order valence-corrected chi connectivity index (χ3v) is 3.91. The summed E-state index contributed by atoms with van der Waals surface area (Å²) in [4.78, 5) is 16.4. The third kappa shape index (κ3) is 3.01. The molecule has 0 fully saturated rings. The van der Waals surface area contributed by atoms with Crippen molar-refractivity contribution in [3.05, 3.63) is 49.9 Å². The van der Waals surface area contributed by atoms with Crippen LogP contribution in [0.5, 0.6) is 0 Å². The van der Waals surface area contributed by atoms with Crippen molar-refractivity contribution < 1.29 is 4.79 Å². The molecule has 0 N–H and O–H groups in total. The van der Waals surface area contributed by atoms with Crippen LogP contribution in [0.15, 0.2) is 28.1 Å². The summed E-state index contributed by atoms with van der Waals surface area (Å²) >= 11 is 5.00. The Morgan fingerprint density at radius 2 is 2.18 bits per heavy atom. The first-order valence-electron chi connectivity index (χ1n) is 5.26. The van der Waals surface area contributed by atoms with Gasteiger partial charge in [0.05, 0.1) is 17.1 Å². The van der Waals surface area contributed by atoms with Crippen LogP contribution in [0.3, 0.4) is 0 Å². The summed E-state index contributed by atoms with van der Waals surface area (Å²) in [7, 11) is 0.